The monoisotopic (exact) mass is 427 g/mol. The lowest BCUT2D eigenvalue weighted by Gasteiger charge is -2.14. The first-order chi connectivity index (χ1) is 15.5. The molecule has 0 unspecified atom stereocenters. The quantitative estimate of drug-likeness (QED) is 0.359. The molecule has 0 aliphatic carbocycles. The van der Waals surface area contributed by atoms with Crippen molar-refractivity contribution in [2.75, 3.05) is 5.32 Å². The predicted octanol–water partition coefficient (Wildman–Crippen LogP) is 3.76. The molecule has 4 aromatic rings. The standard InChI is InChI=1S/C24H17N3O5/c28-18-12-11-16(24(31)32)13-17(18)25-22(29)20-19(14-7-3-1-4-8-14)21(26-27-23(20)30)15-9-5-2-6-10-15/h1-13,28H,(H,25,29)(H,27,30)(H,31,32). The molecule has 0 aliphatic rings. The molecule has 8 heteroatoms. The number of phenolic OH excluding ortho intramolecular Hbond substituents is 1. The average molecular weight is 427 g/mol. The number of aromatic hydroxyl groups is 1. The van der Waals surface area contributed by atoms with Gasteiger partial charge in [0.25, 0.3) is 11.5 Å². The van der Waals surface area contributed by atoms with Crippen LogP contribution < -0.4 is 10.9 Å². The smallest absolute Gasteiger partial charge is 0.335 e. The van der Waals surface area contributed by atoms with E-state index in [4.69, 9.17) is 0 Å². The van der Waals surface area contributed by atoms with E-state index in [9.17, 15) is 24.6 Å². The molecule has 32 heavy (non-hydrogen) atoms. The van der Waals surface area contributed by atoms with E-state index in [-0.39, 0.29) is 22.6 Å². The van der Waals surface area contributed by atoms with Crippen LogP contribution in [0.25, 0.3) is 22.4 Å². The summed E-state index contributed by atoms with van der Waals surface area (Å²) < 4.78 is 0. The maximum atomic E-state index is 13.2. The van der Waals surface area contributed by atoms with Crippen molar-refractivity contribution in [2.45, 2.75) is 0 Å². The molecule has 8 nitrogen and oxygen atoms in total. The Kier molecular flexibility index (Phi) is 5.50. The highest BCUT2D eigenvalue weighted by molar-refractivity contribution is 6.11. The Labute approximate surface area is 181 Å². The molecule has 0 fully saturated rings. The number of rotatable bonds is 5. The number of nitrogens with zero attached hydrogens (tertiary/aromatic N) is 1. The Hall–Kier alpha value is -4.72. The van der Waals surface area contributed by atoms with Gasteiger partial charge in [-0.15, -0.1) is 0 Å². The van der Waals surface area contributed by atoms with Crippen LogP contribution in [-0.4, -0.2) is 32.3 Å². The van der Waals surface area contributed by atoms with Crippen LogP contribution in [0, 0.1) is 0 Å². The van der Waals surface area contributed by atoms with Crippen LogP contribution in [0.2, 0.25) is 0 Å². The summed E-state index contributed by atoms with van der Waals surface area (Å²) >= 11 is 0. The molecule has 0 aliphatic heterocycles. The molecule has 0 saturated carbocycles. The van der Waals surface area contributed by atoms with Crippen LogP contribution in [-0.2, 0) is 0 Å². The van der Waals surface area contributed by atoms with Crippen molar-refractivity contribution in [1.29, 1.82) is 0 Å². The number of benzene rings is 3. The van der Waals surface area contributed by atoms with Gasteiger partial charge in [-0.2, -0.15) is 5.10 Å². The molecular formula is C24H17N3O5. The summed E-state index contributed by atoms with van der Waals surface area (Å²) in [5, 5.41) is 28.3. The molecule has 1 aromatic heterocycles. The zero-order chi connectivity index (χ0) is 22.7. The molecule has 0 saturated heterocycles. The lowest BCUT2D eigenvalue weighted by Crippen LogP contribution is -2.26. The number of carboxylic acid groups (broad SMARTS) is 1. The molecule has 3 aromatic carbocycles. The van der Waals surface area contributed by atoms with Gasteiger partial charge in [-0.25, -0.2) is 9.89 Å². The van der Waals surface area contributed by atoms with Gasteiger partial charge in [0.1, 0.15) is 11.3 Å². The fourth-order valence-corrected chi connectivity index (χ4v) is 3.31. The lowest BCUT2D eigenvalue weighted by molar-refractivity contribution is 0.0696. The van der Waals surface area contributed by atoms with Gasteiger partial charge >= 0.3 is 5.97 Å². The summed E-state index contributed by atoms with van der Waals surface area (Å²) in [5.74, 6) is -2.38. The molecule has 4 rings (SSSR count). The first kappa shape index (κ1) is 20.5. The van der Waals surface area contributed by atoms with Crippen molar-refractivity contribution in [3.05, 3.63) is 100 Å². The minimum absolute atomic E-state index is 0.130. The highest BCUT2D eigenvalue weighted by Crippen LogP contribution is 2.32. The van der Waals surface area contributed by atoms with E-state index in [0.717, 1.165) is 12.1 Å². The van der Waals surface area contributed by atoms with Gasteiger partial charge in [-0.1, -0.05) is 60.7 Å². The SMILES string of the molecule is O=C(O)c1ccc(O)c(NC(=O)c2c(-c3ccccc3)c(-c3ccccc3)n[nH]c2=O)c1. The summed E-state index contributed by atoms with van der Waals surface area (Å²) in [6, 6.07) is 21.4. The highest BCUT2D eigenvalue weighted by Gasteiger charge is 2.24. The van der Waals surface area contributed by atoms with Gasteiger partial charge in [-0.05, 0) is 23.8 Å². The maximum Gasteiger partial charge on any atom is 0.335 e. The van der Waals surface area contributed by atoms with E-state index < -0.39 is 17.4 Å². The number of anilines is 1. The van der Waals surface area contributed by atoms with E-state index in [1.165, 1.54) is 6.07 Å². The Morgan fingerprint density at radius 2 is 1.50 bits per heavy atom. The number of carbonyl (C=O) groups excluding carboxylic acids is 1. The number of amides is 1. The highest BCUT2D eigenvalue weighted by atomic mass is 16.4. The first-order valence-electron chi connectivity index (χ1n) is 9.57. The van der Waals surface area contributed by atoms with E-state index in [1.54, 1.807) is 36.4 Å². The van der Waals surface area contributed by atoms with Crippen molar-refractivity contribution in [1.82, 2.24) is 10.2 Å². The lowest BCUT2D eigenvalue weighted by atomic mass is 9.95. The van der Waals surface area contributed by atoms with Gasteiger partial charge in [-0.3, -0.25) is 9.59 Å². The molecule has 1 heterocycles. The third-order valence-electron chi connectivity index (χ3n) is 4.81. The molecule has 0 spiro atoms. The number of hydrogen-bond donors (Lipinski definition) is 4. The van der Waals surface area contributed by atoms with Crippen LogP contribution in [0.5, 0.6) is 5.75 Å². The number of H-pyrrole nitrogens is 1. The Balaban J connectivity index is 1.89. The van der Waals surface area contributed by atoms with Gasteiger partial charge < -0.3 is 15.5 Å². The van der Waals surface area contributed by atoms with Gasteiger partial charge in [0.05, 0.1) is 16.9 Å². The summed E-state index contributed by atoms with van der Waals surface area (Å²) in [6.07, 6.45) is 0. The largest absolute Gasteiger partial charge is 0.506 e. The van der Waals surface area contributed by atoms with Crippen LogP contribution in [0.1, 0.15) is 20.7 Å². The van der Waals surface area contributed by atoms with Crippen LogP contribution >= 0.6 is 0 Å². The van der Waals surface area contributed by atoms with Crippen molar-refractivity contribution >= 4 is 17.6 Å². The van der Waals surface area contributed by atoms with E-state index in [1.807, 2.05) is 24.3 Å². The summed E-state index contributed by atoms with van der Waals surface area (Å²) in [4.78, 5) is 37.2. The molecule has 0 atom stereocenters. The van der Waals surface area contributed by atoms with Crippen LogP contribution in [0.4, 0.5) is 5.69 Å². The maximum absolute atomic E-state index is 13.2. The van der Waals surface area contributed by atoms with Crippen molar-refractivity contribution < 1.29 is 19.8 Å². The summed E-state index contributed by atoms with van der Waals surface area (Å²) in [5.41, 5.74) is 0.782. The van der Waals surface area contributed by atoms with Gasteiger partial charge in [0, 0.05) is 11.1 Å². The number of aromatic carboxylic acids is 1. The minimum Gasteiger partial charge on any atom is -0.506 e. The normalized spacial score (nSPS) is 10.5. The van der Waals surface area contributed by atoms with E-state index in [2.05, 4.69) is 15.5 Å². The van der Waals surface area contributed by atoms with Crippen molar-refractivity contribution in [3.63, 3.8) is 0 Å². The molecule has 0 radical (unpaired) electrons. The Morgan fingerprint density at radius 3 is 2.12 bits per heavy atom. The number of carboxylic acids is 1. The van der Waals surface area contributed by atoms with E-state index in [0.29, 0.717) is 22.4 Å². The molecule has 1 amide bonds. The fraction of sp³-hybridized carbons (Fsp3) is 0. The topological polar surface area (TPSA) is 132 Å². The predicted molar refractivity (Wildman–Crippen MR) is 119 cm³/mol. The second-order valence-electron chi connectivity index (χ2n) is 6.87. The fourth-order valence-electron chi connectivity index (χ4n) is 3.31. The molecule has 4 N–H and O–H groups in total. The zero-order valence-electron chi connectivity index (χ0n) is 16.6. The summed E-state index contributed by atoms with van der Waals surface area (Å²) in [6.45, 7) is 0. The van der Waals surface area contributed by atoms with Gasteiger partial charge in [0.15, 0.2) is 0 Å². The second-order valence-corrected chi connectivity index (χ2v) is 6.87. The van der Waals surface area contributed by atoms with Crippen molar-refractivity contribution in [2.24, 2.45) is 0 Å². The first-order valence-corrected chi connectivity index (χ1v) is 9.57. The van der Waals surface area contributed by atoms with Crippen LogP contribution in [0.15, 0.2) is 83.7 Å². The number of phenols is 1. The average Bonchev–Trinajstić information content (AvgIpc) is 2.81. The molecule has 0 bridgehead atoms. The second kappa shape index (κ2) is 8.57. The zero-order valence-corrected chi connectivity index (χ0v) is 16.6. The van der Waals surface area contributed by atoms with Gasteiger partial charge in [0.2, 0.25) is 0 Å². The van der Waals surface area contributed by atoms with Crippen LogP contribution in [0.3, 0.4) is 0 Å². The van der Waals surface area contributed by atoms with E-state index >= 15 is 0 Å². The number of aromatic nitrogens is 2. The van der Waals surface area contributed by atoms with Crippen molar-refractivity contribution in [3.8, 4) is 28.1 Å². The third-order valence-corrected chi connectivity index (χ3v) is 4.81. The number of nitrogens with one attached hydrogen (secondary N) is 2. The third kappa shape index (κ3) is 3.97. The minimum atomic E-state index is -1.22. The number of aromatic amines is 1. The Bertz CT molecular complexity index is 1370. The molecular weight excluding hydrogens is 410 g/mol. The number of hydrogen-bond acceptors (Lipinski definition) is 5. The number of carbonyl (C=O) groups is 2. The molecule has 158 valence electrons. The summed E-state index contributed by atoms with van der Waals surface area (Å²) in [7, 11) is 0. The Morgan fingerprint density at radius 1 is 0.875 bits per heavy atom.